The standard InChI is InChI=1S/C36H65N5O22/c1-10-13(5-42)55-36(21(23(10)49)40-11(2)47)63-30-16(8-45)58-33(20(39)26(30)52)61-28-14(6-43)56-32(18(37)24(28)50)60-29-15(7-44)57-34(19(38)25(29)51)62-31-17(9-46)59-35(54-4)22(27(31)53)41-12(3)48/h10,13-36,42-46,49-53H,5-9,37-39H2,1-4H3,(H,40,47)(H,41,48). The molecule has 0 aromatic carbocycles. The molecule has 0 aromatic rings. The normalized spacial score (nSPS) is 48.4. The Bertz CT molecular complexity index is 1460. The first-order valence-corrected chi connectivity index (χ1v) is 20.5. The highest BCUT2D eigenvalue weighted by Crippen LogP contribution is 2.35. The Morgan fingerprint density at radius 2 is 0.762 bits per heavy atom. The largest absolute Gasteiger partial charge is 0.394 e. The van der Waals surface area contributed by atoms with Crippen LogP contribution in [-0.4, -0.2) is 250 Å². The molecule has 366 valence electrons. The molecule has 5 aliphatic heterocycles. The highest BCUT2D eigenvalue weighted by atomic mass is 16.8. The maximum absolute atomic E-state index is 12.0. The van der Waals surface area contributed by atoms with Gasteiger partial charge in [-0.2, -0.15) is 0 Å². The van der Waals surface area contributed by atoms with Crippen LogP contribution in [0.5, 0.6) is 0 Å². The van der Waals surface area contributed by atoms with E-state index in [1.54, 1.807) is 6.92 Å². The van der Waals surface area contributed by atoms with Gasteiger partial charge in [-0.15, -0.1) is 0 Å². The van der Waals surface area contributed by atoms with Gasteiger partial charge in [-0.1, -0.05) is 6.92 Å². The number of carbonyl (C=O) groups excluding carboxylic acids is 2. The smallest absolute Gasteiger partial charge is 0.217 e. The van der Waals surface area contributed by atoms with E-state index in [0.29, 0.717) is 0 Å². The molecule has 5 rings (SSSR count). The minimum absolute atomic E-state index is 0.520. The second-order valence-corrected chi connectivity index (χ2v) is 16.3. The van der Waals surface area contributed by atoms with Crippen LogP contribution in [0.15, 0.2) is 0 Å². The average Bonchev–Trinajstić information content (AvgIpc) is 3.25. The number of aliphatic hydroxyl groups excluding tert-OH is 10. The Morgan fingerprint density at radius 1 is 0.476 bits per heavy atom. The monoisotopic (exact) mass is 919 g/mol. The molecule has 18 N–H and O–H groups in total. The molecule has 5 aliphatic rings. The first-order chi connectivity index (χ1) is 29.8. The van der Waals surface area contributed by atoms with E-state index in [0.717, 1.165) is 0 Å². The molecule has 25 unspecified atom stereocenters. The van der Waals surface area contributed by atoms with Gasteiger partial charge in [-0.25, -0.2) is 0 Å². The van der Waals surface area contributed by atoms with E-state index in [-0.39, 0.29) is 0 Å². The van der Waals surface area contributed by atoms with Crippen LogP contribution in [-0.2, 0) is 57.0 Å². The summed E-state index contributed by atoms with van der Waals surface area (Å²) in [6.07, 6.45) is -27.9. The SMILES string of the molecule is COC1OC(CO)C(OC2OC(CO)C(OC3OC(CO)C(OC4OC(CO)C(OC5OC(CO)C(C)C(O)C5NC(C)=O)C(O)C4N)C(O)C3N)C(O)C2N)C(O)C1NC(C)=O. The molecular formula is C36H65N5O22. The minimum atomic E-state index is -1.75. The van der Waals surface area contributed by atoms with E-state index in [4.69, 9.17) is 64.6 Å². The summed E-state index contributed by atoms with van der Waals surface area (Å²) in [5.41, 5.74) is 19.0. The lowest BCUT2D eigenvalue weighted by atomic mass is 9.89. The first-order valence-electron chi connectivity index (χ1n) is 20.5. The van der Waals surface area contributed by atoms with Crippen molar-refractivity contribution in [1.82, 2.24) is 10.6 Å². The van der Waals surface area contributed by atoms with Gasteiger partial charge in [-0.3, -0.25) is 9.59 Å². The van der Waals surface area contributed by atoms with Gasteiger partial charge in [0.1, 0.15) is 85.3 Å². The summed E-state index contributed by atoms with van der Waals surface area (Å²) in [5.74, 6) is -1.73. The lowest BCUT2D eigenvalue weighted by molar-refractivity contribution is -0.364. The Balaban J connectivity index is 1.24. The first kappa shape index (κ1) is 52.0. The quantitative estimate of drug-likeness (QED) is 0.0683. The van der Waals surface area contributed by atoms with Crippen molar-refractivity contribution in [3.8, 4) is 0 Å². The van der Waals surface area contributed by atoms with E-state index in [9.17, 15) is 60.7 Å². The van der Waals surface area contributed by atoms with Crippen LogP contribution in [0.4, 0.5) is 0 Å². The van der Waals surface area contributed by atoms with Crippen LogP contribution in [0.1, 0.15) is 20.8 Å². The summed E-state index contributed by atoms with van der Waals surface area (Å²) in [4.78, 5) is 23.8. The van der Waals surface area contributed by atoms with Crippen LogP contribution in [0, 0.1) is 5.92 Å². The third-order valence-corrected chi connectivity index (χ3v) is 12.0. The predicted molar refractivity (Wildman–Crippen MR) is 204 cm³/mol. The topological polar surface area (TPSA) is 431 Å². The molecule has 0 spiro atoms. The van der Waals surface area contributed by atoms with Crippen molar-refractivity contribution in [3.63, 3.8) is 0 Å². The van der Waals surface area contributed by atoms with Gasteiger partial charge in [0, 0.05) is 26.9 Å². The minimum Gasteiger partial charge on any atom is -0.394 e. The third kappa shape index (κ3) is 11.2. The van der Waals surface area contributed by atoms with Crippen molar-refractivity contribution >= 4 is 11.8 Å². The lowest BCUT2D eigenvalue weighted by Crippen LogP contribution is -2.71. The zero-order valence-electron chi connectivity index (χ0n) is 35.1. The summed E-state index contributed by atoms with van der Waals surface area (Å²) >= 11 is 0. The molecule has 0 aromatic heterocycles. The second-order valence-electron chi connectivity index (χ2n) is 16.3. The van der Waals surface area contributed by atoms with E-state index in [2.05, 4.69) is 10.6 Å². The third-order valence-electron chi connectivity index (χ3n) is 12.0. The molecule has 27 nitrogen and oxygen atoms in total. The van der Waals surface area contributed by atoms with Crippen molar-refractivity contribution < 1.29 is 108 Å². The number of methoxy groups -OCH3 is 1. The zero-order chi connectivity index (χ0) is 46.6. The number of nitrogens with one attached hydrogen (secondary N) is 2. The van der Waals surface area contributed by atoms with Gasteiger partial charge < -0.3 is 126 Å². The number of rotatable bonds is 16. The molecule has 5 saturated heterocycles. The van der Waals surface area contributed by atoms with Crippen LogP contribution >= 0.6 is 0 Å². The van der Waals surface area contributed by atoms with Gasteiger partial charge in [0.2, 0.25) is 11.8 Å². The maximum atomic E-state index is 12.0. The highest BCUT2D eigenvalue weighted by Gasteiger charge is 2.56. The fourth-order valence-electron chi connectivity index (χ4n) is 8.38. The van der Waals surface area contributed by atoms with Gasteiger partial charge in [0.15, 0.2) is 31.5 Å². The van der Waals surface area contributed by atoms with Crippen molar-refractivity contribution in [1.29, 1.82) is 0 Å². The Labute approximate surface area is 361 Å². The molecule has 5 fully saturated rings. The number of hydrogen-bond acceptors (Lipinski definition) is 25. The maximum Gasteiger partial charge on any atom is 0.217 e. The van der Waals surface area contributed by atoms with Crippen molar-refractivity contribution in [3.05, 3.63) is 0 Å². The molecule has 63 heavy (non-hydrogen) atoms. The molecule has 0 saturated carbocycles. The zero-order valence-corrected chi connectivity index (χ0v) is 35.1. The van der Waals surface area contributed by atoms with Gasteiger partial charge in [0.05, 0.1) is 63.4 Å². The van der Waals surface area contributed by atoms with Crippen LogP contribution in [0.3, 0.4) is 0 Å². The Kier molecular flexibility index (Phi) is 18.7. The predicted octanol–water partition coefficient (Wildman–Crippen LogP) is -9.81. The summed E-state index contributed by atoms with van der Waals surface area (Å²) in [6, 6.07) is -6.83. The second kappa shape index (κ2) is 22.7. The van der Waals surface area contributed by atoms with E-state index < -0.39 is 198 Å². The van der Waals surface area contributed by atoms with Crippen molar-refractivity contribution in [2.45, 2.75) is 168 Å². The number of amides is 2. The summed E-state index contributed by atoms with van der Waals surface area (Å²) in [6.45, 7) is 0.323. The molecule has 0 aliphatic carbocycles. The van der Waals surface area contributed by atoms with Crippen molar-refractivity contribution in [2.24, 2.45) is 23.1 Å². The number of hydrogen-bond donors (Lipinski definition) is 15. The lowest BCUT2D eigenvalue weighted by Gasteiger charge is -2.50. The highest BCUT2D eigenvalue weighted by molar-refractivity contribution is 5.73. The molecule has 27 heteroatoms. The fraction of sp³-hybridized carbons (Fsp3) is 0.944. The van der Waals surface area contributed by atoms with Crippen LogP contribution < -0.4 is 27.8 Å². The molecule has 5 heterocycles. The van der Waals surface area contributed by atoms with E-state index in [1.807, 2.05) is 0 Å². The van der Waals surface area contributed by atoms with E-state index in [1.165, 1.54) is 21.0 Å². The van der Waals surface area contributed by atoms with Crippen LogP contribution in [0.2, 0.25) is 0 Å². The number of aliphatic hydroxyl groups is 10. The fourth-order valence-corrected chi connectivity index (χ4v) is 8.38. The number of ether oxygens (including phenoxy) is 10. The number of carbonyl (C=O) groups is 2. The number of nitrogens with two attached hydrogens (primary N) is 3. The van der Waals surface area contributed by atoms with Crippen LogP contribution in [0.25, 0.3) is 0 Å². The van der Waals surface area contributed by atoms with Gasteiger partial charge in [-0.05, 0) is 0 Å². The van der Waals surface area contributed by atoms with Gasteiger partial charge in [0.25, 0.3) is 0 Å². The molecule has 25 atom stereocenters. The molecular weight excluding hydrogens is 854 g/mol. The summed E-state index contributed by atoms with van der Waals surface area (Å²) in [7, 11) is 1.26. The summed E-state index contributed by atoms with van der Waals surface area (Å²) < 4.78 is 58.1. The molecule has 0 radical (unpaired) electrons. The molecule has 2 amide bonds. The van der Waals surface area contributed by atoms with Crippen molar-refractivity contribution in [2.75, 3.05) is 40.1 Å². The Morgan fingerprint density at radius 3 is 1.08 bits per heavy atom. The average molecular weight is 920 g/mol. The summed E-state index contributed by atoms with van der Waals surface area (Å²) in [5, 5.41) is 112. The van der Waals surface area contributed by atoms with Gasteiger partial charge >= 0.3 is 0 Å². The Hall–Kier alpha value is -1.98. The molecule has 0 bridgehead atoms. The van der Waals surface area contributed by atoms with E-state index >= 15 is 0 Å².